The van der Waals surface area contributed by atoms with Gasteiger partial charge in [0.25, 0.3) is 0 Å². The van der Waals surface area contributed by atoms with E-state index >= 15 is 0 Å². The second kappa shape index (κ2) is 3.67. The highest BCUT2D eigenvalue weighted by molar-refractivity contribution is 7.10. The Bertz CT molecular complexity index is 701. The number of hydrogen-bond donors (Lipinski definition) is 1. The van der Waals surface area contributed by atoms with Gasteiger partial charge in [0.05, 0.1) is 5.52 Å². The molecule has 0 bridgehead atoms. The van der Waals surface area contributed by atoms with Gasteiger partial charge in [-0.25, -0.2) is 9.48 Å². The first-order chi connectivity index (χ1) is 8.25. The van der Waals surface area contributed by atoms with Crippen LogP contribution in [0.25, 0.3) is 15.9 Å². The number of benzene rings is 1. The number of aromatic nitrogens is 3. The lowest BCUT2D eigenvalue weighted by molar-refractivity contribution is 0.0690. The Morgan fingerprint density at radius 1 is 1.29 bits per heavy atom. The number of nitrogens with zero attached hydrogens (tertiary/aromatic N) is 3. The molecule has 5 nitrogen and oxygen atoms in total. The van der Waals surface area contributed by atoms with Gasteiger partial charge in [-0.3, -0.25) is 0 Å². The molecule has 0 aliphatic heterocycles. The van der Waals surface area contributed by atoms with Crippen molar-refractivity contribution >= 4 is 28.4 Å². The number of aromatic carboxylic acids is 1. The van der Waals surface area contributed by atoms with Crippen molar-refractivity contribution in [2.24, 2.45) is 0 Å². The number of fused-ring (bicyclic) bond motifs is 1. The molecular formula is C11H7N3O2S. The molecule has 0 unspecified atom stereocenters. The van der Waals surface area contributed by atoms with Crippen molar-refractivity contribution in [2.45, 2.75) is 0 Å². The predicted molar refractivity (Wildman–Crippen MR) is 63.7 cm³/mol. The van der Waals surface area contributed by atoms with Gasteiger partial charge in [0.15, 0.2) is 5.69 Å². The fraction of sp³-hybridized carbons (Fsp3) is 0. The molecule has 0 saturated heterocycles. The van der Waals surface area contributed by atoms with E-state index in [2.05, 4.69) is 9.47 Å². The molecule has 2 heterocycles. The van der Waals surface area contributed by atoms with Crippen LogP contribution in [0.1, 0.15) is 10.5 Å². The summed E-state index contributed by atoms with van der Waals surface area (Å²) in [5.74, 6) is -1.03. The lowest BCUT2D eigenvalue weighted by atomic mass is 10.2. The van der Waals surface area contributed by atoms with Crippen molar-refractivity contribution < 1.29 is 9.90 Å². The Labute approximate surface area is 100 Å². The minimum absolute atomic E-state index is 0.0301. The number of rotatable bonds is 2. The van der Waals surface area contributed by atoms with Crippen LogP contribution in [-0.4, -0.2) is 25.2 Å². The van der Waals surface area contributed by atoms with Gasteiger partial charge >= 0.3 is 5.97 Å². The van der Waals surface area contributed by atoms with Crippen molar-refractivity contribution in [3.05, 3.63) is 42.2 Å². The predicted octanol–water partition coefficient (Wildman–Crippen LogP) is 2.18. The van der Waals surface area contributed by atoms with Crippen LogP contribution in [-0.2, 0) is 0 Å². The lowest BCUT2D eigenvalue weighted by Crippen LogP contribution is -1.99. The Kier molecular flexibility index (Phi) is 2.15. The van der Waals surface area contributed by atoms with Gasteiger partial charge < -0.3 is 5.11 Å². The van der Waals surface area contributed by atoms with Crippen LogP contribution < -0.4 is 0 Å². The smallest absolute Gasteiger partial charge is 0.356 e. The lowest BCUT2D eigenvalue weighted by Gasteiger charge is -1.96. The van der Waals surface area contributed by atoms with Crippen LogP contribution in [0.5, 0.6) is 0 Å². The fourth-order valence-corrected chi connectivity index (χ4v) is 2.39. The highest BCUT2D eigenvalue weighted by atomic mass is 32.1. The highest BCUT2D eigenvalue weighted by Gasteiger charge is 2.11. The van der Waals surface area contributed by atoms with E-state index in [-0.39, 0.29) is 5.69 Å². The molecule has 0 saturated carbocycles. The van der Waals surface area contributed by atoms with Crippen molar-refractivity contribution in [3.63, 3.8) is 0 Å². The van der Waals surface area contributed by atoms with E-state index in [0.717, 1.165) is 15.9 Å². The first-order valence-electron chi connectivity index (χ1n) is 4.89. The summed E-state index contributed by atoms with van der Waals surface area (Å²) in [7, 11) is 0. The molecule has 0 radical (unpaired) electrons. The molecule has 6 heteroatoms. The third kappa shape index (κ3) is 1.58. The minimum Gasteiger partial charge on any atom is -0.476 e. The van der Waals surface area contributed by atoms with Gasteiger partial charge in [0.1, 0.15) is 5.00 Å². The third-order valence-electron chi connectivity index (χ3n) is 2.38. The minimum atomic E-state index is -1.03. The topological polar surface area (TPSA) is 68.0 Å². The molecule has 0 spiro atoms. The maximum Gasteiger partial charge on any atom is 0.356 e. The van der Waals surface area contributed by atoms with E-state index in [1.54, 1.807) is 10.9 Å². The van der Waals surface area contributed by atoms with E-state index in [1.165, 1.54) is 17.6 Å². The van der Waals surface area contributed by atoms with Gasteiger partial charge in [0.2, 0.25) is 0 Å². The van der Waals surface area contributed by atoms with E-state index in [1.807, 2.05) is 24.3 Å². The summed E-state index contributed by atoms with van der Waals surface area (Å²) in [6, 6.07) is 9.16. The molecule has 0 atom stereocenters. The summed E-state index contributed by atoms with van der Waals surface area (Å²) in [5.41, 5.74) is 0.919. The molecule has 0 amide bonds. The van der Waals surface area contributed by atoms with Crippen LogP contribution in [0.15, 0.2) is 36.5 Å². The Hall–Kier alpha value is -2.21. The Morgan fingerprint density at radius 2 is 2.12 bits per heavy atom. The Balaban J connectivity index is 2.17. The number of carboxylic acids is 1. The molecule has 3 aromatic rings. The molecule has 2 aromatic heterocycles. The van der Waals surface area contributed by atoms with Gasteiger partial charge in [-0.2, -0.15) is 9.47 Å². The second-order valence-electron chi connectivity index (χ2n) is 3.46. The zero-order chi connectivity index (χ0) is 11.8. The molecule has 1 N–H and O–H groups in total. The zero-order valence-corrected chi connectivity index (χ0v) is 9.39. The van der Waals surface area contributed by atoms with Crippen LogP contribution in [0, 0.1) is 0 Å². The maximum absolute atomic E-state index is 10.8. The van der Waals surface area contributed by atoms with E-state index in [0.29, 0.717) is 0 Å². The van der Waals surface area contributed by atoms with E-state index in [4.69, 9.17) is 5.11 Å². The first kappa shape index (κ1) is 9.98. The summed E-state index contributed by atoms with van der Waals surface area (Å²) in [4.78, 5) is 10.8. The molecular weight excluding hydrogens is 238 g/mol. The van der Waals surface area contributed by atoms with E-state index < -0.39 is 5.97 Å². The zero-order valence-electron chi connectivity index (χ0n) is 8.57. The van der Waals surface area contributed by atoms with Crippen LogP contribution in [0.3, 0.4) is 0 Å². The first-order valence-corrected chi connectivity index (χ1v) is 5.67. The summed E-state index contributed by atoms with van der Waals surface area (Å²) < 4.78 is 5.83. The Morgan fingerprint density at radius 3 is 2.88 bits per heavy atom. The fourth-order valence-electron chi connectivity index (χ4n) is 1.59. The standard InChI is InChI=1S/C11H7N3O2S/c15-11(16)9-5-6-14(12-9)10-7-3-1-2-4-8(7)13-17-10/h1-6H,(H,15,16). The largest absolute Gasteiger partial charge is 0.476 e. The molecule has 17 heavy (non-hydrogen) atoms. The van der Waals surface area contributed by atoms with Gasteiger partial charge in [-0.1, -0.05) is 12.1 Å². The van der Waals surface area contributed by atoms with Crippen LogP contribution in [0.2, 0.25) is 0 Å². The van der Waals surface area contributed by atoms with Gasteiger partial charge in [-0.05, 0) is 29.7 Å². The summed E-state index contributed by atoms with van der Waals surface area (Å²) in [5, 5.41) is 14.6. The highest BCUT2D eigenvalue weighted by Crippen LogP contribution is 2.25. The van der Waals surface area contributed by atoms with Crippen molar-refractivity contribution in [1.29, 1.82) is 0 Å². The molecule has 1 aromatic carbocycles. The average molecular weight is 245 g/mol. The van der Waals surface area contributed by atoms with Crippen molar-refractivity contribution in [2.75, 3.05) is 0 Å². The van der Waals surface area contributed by atoms with Crippen molar-refractivity contribution in [1.82, 2.24) is 14.2 Å². The quantitative estimate of drug-likeness (QED) is 0.751. The summed E-state index contributed by atoms with van der Waals surface area (Å²) in [6.07, 6.45) is 1.63. The van der Waals surface area contributed by atoms with Crippen LogP contribution in [0.4, 0.5) is 0 Å². The normalized spacial score (nSPS) is 10.8. The third-order valence-corrected chi connectivity index (χ3v) is 3.25. The molecule has 84 valence electrons. The van der Waals surface area contributed by atoms with Crippen LogP contribution >= 0.6 is 11.5 Å². The summed E-state index contributed by atoms with van der Waals surface area (Å²) in [6.45, 7) is 0. The van der Waals surface area contributed by atoms with Gasteiger partial charge in [0, 0.05) is 11.6 Å². The maximum atomic E-state index is 10.8. The molecule has 0 fully saturated rings. The molecule has 0 aliphatic carbocycles. The molecule has 0 aliphatic rings. The monoisotopic (exact) mass is 245 g/mol. The second-order valence-corrected chi connectivity index (χ2v) is 4.21. The van der Waals surface area contributed by atoms with E-state index in [9.17, 15) is 4.79 Å². The average Bonchev–Trinajstić information content (AvgIpc) is 2.95. The SMILES string of the molecule is O=C(O)c1ccn(-c2snc3ccccc23)n1. The van der Waals surface area contributed by atoms with Gasteiger partial charge in [-0.15, -0.1) is 0 Å². The van der Waals surface area contributed by atoms with Crippen molar-refractivity contribution in [3.8, 4) is 5.00 Å². The molecule has 3 rings (SSSR count). The number of hydrogen-bond acceptors (Lipinski definition) is 4. The number of carbonyl (C=O) groups is 1. The summed E-state index contributed by atoms with van der Waals surface area (Å²) >= 11 is 1.30. The number of carboxylic acid groups (broad SMARTS) is 1.